The summed E-state index contributed by atoms with van der Waals surface area (Å²) in [6, 6.07) is 0. The van der Waals surface area contributed by atoms with Crippen LogP contribution in [0.4, 0.5) is 0 Å². The summed E-state index contributed by atoms with van der Waals surface area (Å²) < 4.78 is 5.07. The lowest BCUT2D eigenvalue weighted by molar-refractivity contribution is -0.142. The van der Waals surface area contributed by atoms with Gasteiger partial charge in [0.05, 0.1) is 13.0 Å². The van der Waals surface area contributed by atoms with Gasteiger partial charge >= 0.3 is 5.97 Å². The van der Waals surface area contributed by atoms with Crippen molar-refractivity contribution in [1.82, 2.24) is 0 Å². The largest absolute Gasteiger partial charge is 0.465 e. The SMILES string of the molecule is O=C1C/C=C\CCCCCCCCO1. The molecule has 2 heteroatoms. The van der Waals surface area contributed by atoms with Crippen molar-refractivity contribution in [2.45, 2.75) is 51.4 Å². The molecule has 0 aromatic carbocycles. The zero-order chi connectivity index (χ0) is 10.1. The highest BCUT2D eigenvalue weighted by Gasteiger charge is 1.99. The zero-order valence-corrected chi connectivity index (χ0v) is 8.84. The molecule has 0 amide bonds. The fourth-order valence-corrected chi connectivity index (χ4v) is 1.61. The first-order valence-electron chi connectivity index (χ1n) is 5.70. The molecule has 1 aliphatic heterocycles. The van der Waals surface area contributed by atoms with E-state index in [1.807, 2.05) is 6.08 Å². The van der Waals surface area contributed by atoms with E-state index in [2.05, 4.69) is 6.08 Å². The second-order valence-electron chi connectivity index (χ2n) is 3.81. The lowest BCUT2D eigenvalue weighted by atomic mass is 10.1. The Labute approximate surface area is 86.3 Å². The molecule has 0 aromatic rings. The zero-order valence-electron chi connectivity index (χ0n) is 8.84. The Morgan fingerprint density at radius 3 is 2.50 bits per heavy atom. The number of ether oxygens (including phenoxy) is 1. The molecule has 0 aromatic heterocycles. The summed E-state index contributed by atoms with van der Waals surface area (Å²) in [6.07, 6.45) is 13.0. The molecule has 0 saturated heterocycles. The summed E-state index contributed by atoms with van der Waals surface area (Å²) in [6.45, 7) is 0.604. The third-order valence-electron chi connectivity index (χ3n) is 2.48. The van der Waals surface area contributed by atoms with Crippen molar-refractivity contribution < 1.29 is 9.53 Å². The van der Waals surface area contributed by atoms with E-state index in [0.717, 1.165) is 12.8 Å². The maximum atomic E-state index is 11.1. The summed E-state index contributed by atoms with van der Waals surface area (Å²) in [5.41, 5.74) is 0. The van der Waals surface area contributed by atoms with Gasteiger partial charge in [0.15, 0.2) is 0 Å². The Hall–Kier alpha value is -0.790. The molecular weight excluding hydrogens is 176 g/mol. The first kappa shape index (κ1) is 11.3. The Balaban J connectivity index is 2.24. The molecule has 0 aliphatic carbocycles. The van der Waals surface area contributed by atoms with Crippen molar-refractivity contribution in [1.29, 1.82) is 0 Å². The summed E-state index contributed by atoms with van der Waals surface area (Å²) in [7, 11) is 0. The smallest absolute Gasteiger partial charge is 0.309 e. The normalized spacial score (nSPS) is 23.9. The molecule has 0 saturated carbocycles. The lowest BCUT2D eigenvalue weighted by Gasteiger charge is -2.02. The van der Waals surface area contributed by atoms with Crippen molar-refractivity contribution in [2.75, 3.05) is 6.61 Å². The van der Waals surface area contributed by atoms with Crippen molar-refractivity contribution in [3.63, 3.8) is 0 Å². The number of cyclic esters (lactones) is 1. The minimum atomic E-state index is -0.0829. The van der Waals surface area contributed by atoms with Crippen LogP contribution in [0.1, 0.15) is 51.4 Å². The summed E-state index contributed by atoms with van der Waals surface area (Å²) in [4.78, 5) is 11.1. The molecule has 1 rings (SSSR count). The quantitative estimate of drug-likeness (QED) is 0.439. The van der Waals surface area contributed by atoms with Gasteiger partial charge in [0.2, 0.25) is 0 Å². The average Bonchev–Trinajstić information content (AvgIpc) is 2.20. The topological polar surface area (TPSA) is 26.3 Å². The molecule has 14 heavy (non-hydrogen) atoms. The maximum absolute atomic E-state index is 11.1. The van der Waals surface area contributed by atoms with Crippen LogP contribution in [0.5, 0.6) is 0 Å². The second kappa shape index (κ2) is 7.60. The van der Waals surface area contributed by atoms with Crippen molar-refractivity contribution >= 4 is 5.97 Å². The molecule has 0 N–H and O–H groups in total. The van der Waals surface area contributed by atoms with Gasteiger partial charge in [0, 0.05) is 0 Å². The van der Waals surface area contributed by atoms with E-state index in [0.29, 0.717) is 13.0 Å². The van der Waals surface area contributed by atoms with Crippen LogP contribution >= 0.6 is 0 Å². The highest BCUT2D eigenvalue weighted by Crippen LogP contribution is 2.09. The standard InChI is InChI=1S/C12H20O2/c13-12-10-8-6-4-2-1-3-5-7-9-11-14-12/h6,8H,1-5,7,9-11H2/b8-6-. The Kier molecular flexibility index (Phi) is 6.13. The number of esters is 1. The molecule has 0 atom stereocenters. The summed E-state index contributed by atoms with van der Waals surface area (Å²) in [5.74, 6) is -0.0829. The van der Waals surface area contributed by atoms with Gasteiger partial charge in [-0.3, -0.25) is 4.79 Å². The van der Waals surface area contributed by atoms with Crippen LogP contribution in [0.25, 0.3) is 0 Å². The van der Waals surface area contributed by atoms with Crippen LogP contribution < -0.4 is 0 Å². The van der Waals surface area contributed by atoms with Crippen molar-refractivity contribution in [2.24, 2.45) is 0 Å². The first-order valence-corrected chi connectivity index (χ1v) is 5.70. The van der Waals surface area contributed by atoms with Crippen LogP contribution in [-0.4, -0.2) is 12.6 Å². The van der Waals surface area contributed by atoms with Crippen LogP contribution in [-0.2, 0) is 9.53 Å². The van der Waals surface area contributed by atoms with E-state index in [-0.39, 0.29) is 5.97 Å². The highest BCUT2D eigenvalue weighted by molar-refractivity contribution is 5.71. The minimum absolute atomic E-state index is 0.0829. The number of rotatable bonds is 0. The molecule has 0 fully saturated rings. The fraction of sp³-hybridized carbons (Fsp3) is 0.750. The molecule has 0 spiro atoms. The number of carbonyl (C=O) groups excluding carboxylic acids is 1. The molecule has 0 radical (unpaired) electrons. The number of hydrogen-bond acceptors (Lipinski definition) is 2. The Bertz CT molecular complexity index is 185. The van der Waals surface area contributed by atoms with Crippen molar-refractivity contribution in [3.8, 4) is 0 Å². The van der Waals surface area contributed by atoms with E-state index in [1.54, 1.807) is 0 Å². The summed E-state index contributed by atoms with van der Waals surface area (Å²) >= 11 is 0. The van der Waals surface area contributed by atoms with Gasteiger partial charge in [0.1, 0.15) is 0 Å². The monoisotopic (exact) mass is 196 g/mol. The lowest BCUT2D eigenvalue weighted by Crippen LogP contribution is -2.04. The van der Waals surface area contributed by atoms with E-state index in [1.165, 1.54) is 32.1 Å². The Morgan fingerprint density at radius 2 is 1.64 bits per heavy atom. The molecule has 0 bridgehead atoms. The first-order chi connectivity index (χ1) is 6.89. The highest BCUT2D eigenvalue weighted by atomic mass is 16.5. The van der Waals surface area contributed by atoms with Gasteiger partial charge in [-0.05, 0) is 19.3 Å². The van der Waals surface area contributed by atoms with E-state index in [9.17, 15) is 4.79 Å². The maximum Gasteiger partial charge on any atom is 0.309 e. The van der Waals surface area contributed by atoms with E-state index in [4.69, 9.17) is 4.74 Å². The number of hydrogen-bond donors (Lipinski definition) is 0. The van der Waals surface area contributed by atoms with Gasteiger partial charge in [-0.15, -0.1) is 0 Å². The van der Waals surface area contributed by atoms with Crippen LogP contribution in [0.2, 0.25) is 0 Å². The predicted octanol–water partition coefficient (Wildman–Crippen LogP) is 3.22. The molecule has 1 aliphatic rings. The van der Waals surface area contributed by atoms with Crippen LogP contribution in [0, 0.1) is 0 Å². The number of allylic oxidation sites excluding steroid dienone is 1. The third kappa shape index (κ3) is 5.79. The van der Waals surface area contributed by atoms with E-state index >= 15 is 0 Å². The second-order valence-corrected chi connectivity index (χ2v) is 3.81. The summed E-state index contributed by atoms with van der Waals surface area (Å²) in [5, 5.41) is 0. The third-order valence-corrected chi connectivity index (χ3v) is 2.48. The van der Waals surface area contributed by atoms with Gasteiger partial charge in [-0.25, -0.2) is 0 Å². The van der Waals surface area contributed by atoms with Gasteiger partial charge in [-0.1, -0.05) is 37.8 Å². The molecule has 2 nitrogen and oxygen atoms in total. The van der Waals surface area contributed by atoms with E-state index < -0.39 is 0 Å². The van der Waals surface area contributed by atoms with Gasteiger partial charge in [-0.2, -0.15) is 0 Å². The fourth-order valence-electron chi connectivity index (χ4n) is 1.61. The minimum Gasteiger partial charge on any atom is -0.465 e. The molecular formula is C12H20O2. The molecule has 1 heterocycles. The van der Waals surface area contributed by atoms with Gasteiger partial charge < -0.3 is 4.74 Å². The Morgan fingerprint density at radius 1 is 0.929 bits per heavy atom. The molecule has 80 valence electrons. The van der Waals surface area contributed by atoms with Crippen molar-refractivity contribution in [3.05, 3.63) is 12.2 Å². The van der Waals surface area contributed by atoms with Crippen LogP contribution in [0.3, 0.4) is 0 Å². The number of carbonyl (C=O) groups is 1. The van der Waals surface area contributed by atoms with Crippen LogP contribution in [0.15, 0.2) is 12.2 Å². The van der Waals surface area contributed by atoms with Gasteiger partial charge in [0.25, 0.3) is 0 Å². The molecule has 0 unspecified atom stereocenters. The predicted molar refractivity (Wildman–Crippen MR) is 57.0 cm³/mol. The average molecular weight is 196 g/mol.